The molecule has 0 aliphatic carbocycles. The molecule has 0 amide bonds. The van der Waals surface area contributed by atoms with Gasteiger partial charge in [0, 0.05) is 5.56 Å². The van der Waals surface area contributed by atoms with Crippen LogP contribution in [0.25, 0.3) is 0 Å². The highest BCUT2D eigenvalue weighted by molar-refractivity contribution is 5.30. The van der Waals surface area contributed by atoms with Gasteiger partial charge in [0.25, 0.3) is 0 Å². The van der Waals surface area contributed by atoms with Gasteiger partial charge in [0.2, 0.25) is 0 Å². The number of hydrogen-bond donors (Lipinski definition) is 2. The van der Waals surface area contributed by atoms with Crippen molar-refractivity contribution in [2.24, 2.45) is 5.84 Å². The number of benzene rings is 2. The van der Waals surface area contributed by atoms with E-state index < -0.39 is 17.7 Å². The molecule has 0 aliphatic heterocycles. The Morgan fingerprint density at radius 3 is 2.53 bits per heavy atom. The van der Waals surface area contributed by atoms with E-state index in [4.69, 9.17) is 5.84 Å². The van der Waals surface area contributed by atoms with Crippen LogP contribution in [0.3, 0.4) is 0 Å². The molecule has 2 nitrogen and oxygen atoms in total. The lowest BCUT2D eigenvalue weighted by molar-refractivity contribution is 0.464. The second-order valence-corrected chi connectivity index (χ2v) is 4.49. The molecule has 0 aliphatic rings. The average molecular weight is 262 g/mol. The molecule has 2 aromatic carbocycles. The van der Waals surface area contributed by atoms with Crippen LogP contribution in [0.15, 0.2) is 42.5 Å². The summed E-state index contributed by atoms with van der Waals surface area (Å²) in [6.45, 7) is 1.98. The molecule has 1 atom stereocenters. The molecule has 0 spiro atoms. The normalized spacial score (nSPS) is 12.4. The average Bonchev–Trinajstić information content (AvgIpc) is 2.41. The molecular weight excluding hydrogens is 246 g/mol. The Labute approximate surface area is 111 Å². The van der Waals surface area contributed by atoms with Crippen molar-refractivity contribution < 1.29 is 8.78 Å². The quantitative estimate of drug-likeness (QED) is 0.656. The van der Waals surface area contributed by atoms with Crippen molar-refractivity contribution >= 4 is 0 Å². The minimum Gasteiger partial charge on any atom is -0.271 e. The van der Waals surface area contributed by atoms with E-state index in [9.17, 15) is 8.78 Å². The van der Waals surface area contributed by atoms with Crippen LogP contribution in [0.1, 0.15) is 22.7 Å². The van der Waals surface area contributed by atoms with Gasteiger partial charge >= 0.3 is 0 Å². The Bertz CT molecular complexity index is 570. The summed E-state index contributed by atoms with van der Waals surface area (Å²) in [6.07, 6.45) is 0.504. The number of halogens is 2. The van der Waals surface area contributed by atoms with Crippen LogP contribution in [0.2, 0.25) is 0 Å². The van der Waals surface area contributed by atoms with Gasteiger partial charge in [-0.25, -0.2) is 8.78 Å². The summed E-state index contributed by atoms with van der Waals surface area (Å²) < 4.78 is 27.0. The molecule has 4 heteroatoms. The summed E-state index contributed by atoms with van der Waals surface area (Å²) in [5.74, 6) is 3.78. The largest absolute Gasteiger partial charge is 0.271 e. The number of hydrogen-bond acceptors (Lipinski definition) is 2. The first-order valence-corrected chi connectivity index (χ1v) is 6.08. The van der Waals surface area contributed by atoms with Crippen molar-refractivity contribution in [1.29, 1.82) is 0 Å². The summed E-state index contributed by atoms with van der Waals surface area (Å²) in [7, 11) is 0. The fourth-order valence-corrected chi connectivity index (χ4v) is 2.11. The minimum atomic E-state index is -0.859. The number of nitrogens with two attached hydrogens (primary N) is 1. The van der Waals surface area contributed by atoms with Crippen LogP contribution in [-0.4, -0.2) is 0 Å². The fraction of sp³-hybridized carbons (Fsp3) is 0.200. The van der Waals surface area contributed by atoms with Gasteiger partial charge in [-0.3, -0.25) is 11.3 Å². The molecule has 0 radical (unpaired) electrons. The number of hydrazine groups is 1. The predicted octanol–water partition coefficient (Wildman–Crippen LogP) is 3.02. The number of nitrogens with one attached hydrogen (secondary N) is 1. The first-order chi connectivity index (χ1) is 9.13. The third kappa shape index (κ3) is 2.97. The van der Waals surface area contributed by atoms with Crippen LogP contribution in [0.4, 0.5) is 8.78 Å². The Morgan fingerprint density at radius 2 is 1.84 bits per heavy atom. The molecule has 2 rings (SSSR count). The van der Waals surface area contributed by atoms with Crippen molar-refractivity contribution in [3.8, 4) is 0 Å². The van der Waals surface area contributed by atoms with E-state index in [1.165, 1.54) is 6.07 Å². The third-order valence-electron chi connectivity index (χ3n) is 3.24. The first-order valence-electron chi connectivity index (χ1n) is 6.08. The van der Waals surface area contributed by atoms with Crippen LogP contribution in [-0.2, 0) is 6.42 Å². The Balaban J connectivity index is 2.31. The molecule has 100 valence electrons. The summed E-state index contributed by atoms with van der Waals surface area (Å²) >= 11 is 0. The molecule has 0 heterocycles. The number of aryl methyl sites for hydroxylation is 1. The molecule has 0 bridgehead atoms. The van der Waals surface area contributed by atoms with Gasteiger partial charge in [-0.05, 0) is 30.5 Å². The summed E-state index contributed by atoms with van der Waals surface area (Å²) in [4.78, 5) is 0. The highest BCUT2D eigenvalue weighted by Crippen LogP contribution is 2.23. The van der Waals surface area contributed by atoms with Gasteiger partial charge in [-0.1, -0.05) is 36.4 Å². The van der Waals surface area contributed by atoms with Crippen LogP contribution < -0.4 is 11.3 Å². The van der Waals surface area contributed by atoms with Crippen molar-refractivity contribution in [1.82, 2.24) is 5.43 Å². The lowest BCUT2D eigenvalue weighted by atomic mass is 9.96. The highest BCUT2D eigenvalue weighted by Gasteiger charge is 2.18. The highest BCUT2D eigenvalue weighted by atomic mass is 19.2. The molecule has 0 aromatic heterocycles. The van der Waals surface area contributed by atoms with Crippen molar-refractivity contribution in [2.45, 2.75) is 19.4 Å². The van der Waals surface area contributed by atoms with Crippen LogP contribution in [0, 0.1) is 18.6 Å². The molecule has 0 saturated carbocycles. The van der Waals surface area contributed by atoms with Crippen molar-refractivity contribution in [3.05, 3.63) is 70.8 Å². The van der Waals surface area contributed by atoms with Gasteiger partial charge in [0.05, 0.1) is 6.04 Å². The topological polar surface area (TPSA) is 38.0 Å². The Morgan fingerprint density at radius 1 is 1.11 bits per heavy atom. The van der Waals surface area contributed by atoms with Crippen LogP contribution >= 0.6 is 0 Å². The molecule has 3 N–H and O–H groups in total. The molecule has 0 fully saturated rings. The summed E-state index contributed by atoms with van der Waals surface area (Å²) in [5.41, 5.74) is 4.94. The second kappa shape index (κ2) is 5.91. The molecule has 19 heavy (non-hydrogen) atoms. The maximum Gasteiger partial charge on any atom is 0.163 e. The first kappa shape index (κ1) is 13.6. The SMILES string of the molecule is Cc1ccccc1CC(NN)c1cccc(F)c1F. The molecular formula is C15H16F2N2. The van der Waals surface area contributed by atoms with Crippen molar-refractivity contribution in [2.75, 3.05) is 0 Å². The van der Waals surface area contributed by atoms with Gasteiger partial charge in [-0.15, -0.1) is 0 Å². The zero-order valence-corrected chi connectivity index (χ0v) is 10.7. The zero-order chi connectivity index (χ0) is 13.8. The van der Waals surface area contributed by atoms with Crippen LogP contribution in [0.5, 0.6) is 0 Å². The third-order valence-corrected chi connectivity index (χ3v) is 3.24. The second-order valence-electron chi connectivity index (χ2n) is 4.49. The standard InChI is InChI=1S/C15H16F2N2/c1-10-5-2-3-6-11(10)9-14(19-18)12-7-4-8-13(16)15(12)17/h2-8,14,19H,9,18H2,1H3. The van der Waals surface area contributed by atoms with Crippen molar-refractivity contribution in [3.63, 3.8) is 0 Å². The maximum absolute atomic E-state index is 13.8. The van der Waals surface area contributed by atoms with Gasteiger partial charge < -0.3 is 0 Å². The van der Waals surface area contributed by atoms with Gasteiger partial charge in [0.1, 0.15) is 0 Å². The van der Waals surface area contributed by atoms with E-state index in [0.29, 0.717) is 6.42 Å². The molecule has 2 aromatic rings. The minimum absolute atomic E-state index is 0.241. The van der Waals surface area contributed by atoms with E-state index in [-0.39, 0.29) is 5.56 Å². The maximum atomic E-state index is 13.8. The predicted molar refractivity (Wildman–Crippen MR) is 71.3 cm³/mol. The van der Waals surface area contributed by atoms with Gasteiger partial charge in [-0.2, -0.15) is 0 Å². The van der Waals surface area contributed by atoms with E-state index >= 15 is 0 Å². The molecule has 1 unspecified atom stereocenters. The lowest BCUT2D eigenvalue weighted by Gasteiger charge is -2.18. The fourth-order valence-electron chi connectivity index (χ4n) is 2.11. The Hall–Kier alpha value is -1.78. The zero-order valence-electron chi connectivity index (χ0n) is 10.7. The van der Waals surface area contributed by atoms with E-state index in [1.54, 1.807) is 6.07 Å². The Kier molecular flexibility index (Phi) is 4.24. The smallest absolute Gasteiger partial charge is 0.163 e. The van der Waals surface area contributed by atoms with E-state index in [0.717, 1.165) is 17.2 Å². The summed E-state index contributed by atoms with van der Waals surface area (Å²) in [5, 5.41) is 0. The molecule has 0 saturated heterocycles. The van der Waals surface area contributed by atoms with E-state index in [1.807, 2.05) is 31.2 Å². The monoisotopic (exact) mass is 262 g/mol. The summed E-state index contributed by atoms with van der Waals surface area (Å²) in [6, 6.07) is 11.4. The van der Waals surface area contributed by atoms with Gasteiger partial charge in [0.15, 0.2) is 11.6 Å². The van der Waals surface area contributed by atoms with E-state index in [2.05, 4.69) is 5.43 Å². The lowest BCUT2D eigenvalue weighted by Crippen LogP contribution is -2.30. The number of rotatable bonds is 4.